The fourth-order valence-electron chi connectivity index (χ4n) is 2.63. The summed E-state index contributed by atoms with van der Waals surface area (Å²) in [5, 5.41) is 10.5. The lowest BCUT2D eigenvalue weighted by atomic mass is 10.1. The van der Waals surface area contributed by atoms with Crippen LogP contribution in [0, 0.1) is 10.1 Å². The highest BCUT2D eigenvalue weighted by molar-refractivity contribution is 7.99. The van der Waals surface area contributed by atoms with Crippen LogP contribution in [0.1, 0.15) is 21.3 Å². The number of nitro benzene ring substituents is 1. The zero-order chi connectivity index (χ0) is 20.3. The number of nitrogens with zero attached hydrogens (tertiary/aromatic N) is 3. The number of thioether (sulfide) groups is 1. The van der Waals surface area contributed by atoms with E-state index >= 15 is 0 Å². The number of ether oxygens (including phenoxy) is 1. The predicted molar refractivity (Wildman–Crippen MR) is 95.1 cm³/mol. The fraction of sp³-hybridized carbons (Fsp3) is 0.294. The predicted octanol–water partition coefficient (Wildman–Crippen LogP) is 3.82. The van der Waals surface area contributed by atoms with Crippen molar-refractivity contribution in [3.05, 3.63) is 63.8 Å². The summed E-state index contributed by atoms with van der Waals surface area (Å²) in [6, 6.07) is 8.54. The monoisotopic (exact) mass is 413 g/mol. The normalized spacial score (nSPS) is 16.8. The van der Waals surface area contributed by atoms with Crippen molar-refractivity contribution in [1.82, 2.24) is 9.88 Å². The van der Waals surface area contributed by atoms with E-state index in [1.807, 2.05) is 0 Å². The molecule has 2 heterocycles. The van der Waals surface area contributed by atoms with Crippen molar-refractivity contribution in [1.29, 1.82) is 0 Å². The summed E-state index contributed by atoms with van der Waals surface area (Å²) in [7, 11) is 0. The highest BCUT2D eigenvalue weighted by Gasteiger charge is 2.32. The first-order chi connectivity index (χ1) is 13.2. The molecule has 1 fully saturated rings. The summed E-state index contributed by atoms with van der Waals surface area (Å²) in [4.78, 5) is 28.4. The number of aromatic nitrogens is 1. The van der Waals surface area contributed by atoms with Gasteiger partial charge < -0.3 is 9.64 Å². The third-order valence-electron chi connectivity index (χ3n) is 3.91. The van der Waals surface area contributed by atoms with E-state index in [-0.39, 0.29) is 28.4 Å². The number of halogens is 3. The molecule has 11 heteroatoms. The number of amides is 1. The van der Waals surface area contributed by atoms with E-state index in [2.05, 4.69) is 9.72 Å². The first-order valence-electron chi connectivity index (χ1n) is 8.07. The van der Waals surface area contributed by atoms with E-state index in [0.29, 0.717) is 12.3 Å². The number of hydrogen-bond donors (Lipinski definition) is 0. The molecule has 0 saturated carbocycles. The lowest BCUT2D eigenvalue weighted by Gasteiger charge is -2.24. The van der Waals surface area contributed by atoms with Crippen LogP contribution in [-0.2, 0) is 0 Å². The van der Waals surface area contributed by atoms with Crippen molar-refractivity contribution in [2.75, 3.05) is 18.9 Å². The van der Waals surface area contributed by atoms with Gasteiger partial charge in [0.05, 0.1) is 10.5 Å². The number of carbonyl (C=O) groups is 1. The first kappa shape index (κ1) is 19.9. The maximum Gasteiger partial charge on any atom is 0.422 e. The van der Waals surface area contributed by atoms with Crippen LogP contribution >= 0.6 is 11.8 Å². The van der Waals surface area contributed by atoms with Crippen LogP contribution < -0.4 is 4.74 Å². The molecule has 1 aromatic heterocycles. The molecule has 0 radical (unpaired) electrons. The van der Waals surface area contributed by atoms with Crippen LogP contribution in [-0.4, -0.2) is 45.8 Å². The van der Waals surface area contributed by atoms with Gasteiger partial charge in [-0.25, -0.2) is 4.98 Å². The Bertz CT molecular complexity index is 859. The zero-order valence-electron chi connectivity index (χ0n) is 14.3. The number of benzene rings is 1. The summed E-state index contributed by atoms with van der Waals surface area (Å²) in [6.07, 6.45) is -3.30. The van der Waals surface area contributed by atoms with E-state index in [1.165, 1.54) is 42.2 Å². The minimum Gasteiger partial charge on any atom is -0.468 e. The van der Waals surface area contributed by atoms with E-state index < -0.39 is 17.7 Å². The van der Waals surface area contributed by atoms with Crippen molar-refractivity contribution in [2.24, 2.45) is 0 Å². The average molecular weight is 413 g/mol. The Balaban J connectivity index is 1.71. The fourth-order valence-corrected chi connectivity index (χ4v) is 3.88. The Kier molecular flexibility index (Phi) is 5.73. The molecule has 148 valence electrons. The van der Waals surface area contributed by atoms with Crippen molar-refractivity contribution in [3.63, 3.8) is 0 Å². The molecule has 7 nitrogen and oxygen atoms in total. The van der Waals surface area contributed by atoms with Crippen LogP contribution in [0.3, 0.4) is 0 Å². The molecule has 1 aromatic carbocycles. The lowest BCUT2D eigenvalue weighted by molar-refractivity contribution is -0.384. The average Bonchev–Trinajstić information content (AvgIpc) is 3.15. The Morgan fingerprint density at radius 2 is 2.00 bits per heavy atom. The second-order valence-corrected chi connectivity index (χ2v) is 7.05. The van der Waals surface area contributed by atoms with Gasteiger partial charge in [-0.1, -0.05) is 0 Å². The van der Waals surface area contributed by atoms with E-state index in [0.717, 1.165) is 5.56 Å². The molecular weight excluding hydrogens is 399 g/mol. The van der Waals surface area contributed by atoms with Gasteiger partial charge in [0.2, 0.25) is 5.88 Å². The van der Waals surface area contributed by atoms with Gasteiger partial charge in [0.25, 0.3) is 11.6 Å². The first-order valence-corrected chi connectivity index (χ1v) is 9.12. The molecule has 1 aliphatic rings. The maximum absolute atomic E-state index is 12.8. The Labute approximate surface area is 161 Å². The van der Waals surface area contributed by atoms with E-state index in [4.69, 9.17) is 0 Å². The number of carbonyl (C=O) groups excluding carboxylic acids is 1. The molecule has 1 aliphatic heterocycles. The van der Waals surface area contributed by atoms with E-state index in [1.54, 1.807) is 17.0 Å². The highest BCUT2D eigenvalue weighted by atomic mass is 32.2. The molecule has 0 bridgehead atoms. The Morgan fingerprint density at radius 3 is 2.57 bits per heavy atom. The number of pyridine rings is 1. The number of alkyl halides is 3. The zero-order valence-corrected chi connectivity index (χ0v) is 15.1. The standard InChI is InChI=1S/C17H14F3N3O4S/c18-17(19,20)10-27-14-6-3-12(9-21-14)15(24)22-7-8-28-16(22)11-1-4-13(5-2-11)23(25)26/h1-6,9,16H,7-8,10H2/t16-/m0/s1. The van der Waals surface area contributed by atoms with Crippen molar-refractivity contribution < 1.29 is 27.6 Å². The van der Waals surface area contributed by atoms with Crippen LogP contribution in [0.4, 0.5) is 18.9 Å². The lowest BCUT2D eigenvalue weighted by Crippen LogP contribution is -2.30. The third kappa shape index (κ3) is 4.71. The topological polar surface area (TPSA) is 85.6 Å². The molecule has 2 aromatic rings. The van der Waals surface area contributed by atoms with Crippen LogP contribution in [0.25, 0.3) is 0 Å². The van der Waals surface area contributed by atoms with E-state index in [9.17, 15) is 28.1 Å². The van der Waals surface area contributed by atoms with Crippen LogP contribution in [0.2, 0.25) is 0 Å². The number of non-ortho nitro benzene ring substituents is 1. The summed E-state index contributed by atoms with van der Waals surface area (Å²) in [5.74, 6) is 0.132. The molecule has 0 spiro atoms. The second-order valence-electron chi connectivity index (χ2n) is 5.86. The maximum atomic E-state index is 12.8. The Hall–Kier alpha value is -2.82. The van der Waals surface area contributed by atoms with Gasteiger partial charge in [-0.2, -0.15) is 13.2 Å². The smallest absolute Gasteiger partial charge is 0.422 e. The van der Waals surface area contributed by atoms with Crippen molar-refractivity contribution in [3.8, 4) is 5.88 Å². The van der Waals surface area contributed by atoms with Gasteiger partial charge in [-0.3, -0.25) is 14.9 Å². The van der Waals surface area contributed by atoms with Gasteiger partial charge in [-0.05, 0) is 23.8 Å². The third-order valence-corrected chi connectivity index (χ3v) is 5.17. The molecule has 28 heavy (non-hydrogen) atoms. The van der Waals surface area contributed by atoms with Crippen LogP contribution in [0.15, 0.2) is 42.6 Å². The minimum atomic E-state index is -4.47. The minimum absolute atomic E-state index is 0.0386. The summed E-state index contributed by atoms with van der Waals surface area (Å²) in [5.41, 5.74) is 0.927. The van der Waals surface area contributed by atoms with Gasteiger partial charge in [0, 0.05) is 36.7 Å². The number of hydrogen-bond acceptors (Lipinski definition) is 6. The summed E-state index contributed by atoms with van der Waals surface area (Å²) < 4.78 is 41.1. The number of nitro groups is 1. The molecule has 0 N–H and O–H groups in total. The van der Waals surface area contributed by atoms with Gasteiger partial charge >= 0.3 is 6.18 Å². The van der Waals surface area contributed by atoms with Crippen molar-refractivity contribution >= 4 is 23.4 Å². The summed E-state index contributed by atoms with van der Waals surface area (Å²) in [6.45, 7) is -0.990. The molecule has 1 amide bonds. The highest BCUT2D eigenvalue weighted by Crippen LogP contribution is 2.39. The molecule has 1 atom stereocenters. The Morgan fingerprint density at radius 1 is 1.29 bits per heavy atom. The number of rotatable bonds is 5. The van der Waals surface area contributed by atoms with Gasteiger partial charge in [-0.15, -0.1) is 11.8 Å². The van der Waals surface area contributed by atoms with Gasteiger partial charge in [0.1, 0.15) is 5.37 Å². The molecule has 1 saturated heterocycles. The second kappa shape index (κ2) is 8.05. The molecular formula is C17H14F3N3O4S. The largest absolute Gasteiger partial charge is 0.468 e. The molecule has 0 unspecified atom stereocenters. The quantitative estimate of drug-likeness (QED) is 0.547. The summed E-state index contributed by atoms with van der Waals surface area (Å²) >= 11 is 1.52. The van der Waals surface area contributed by atoms with Crippen molar-refractivity contribution in [2.45, 2.75) is 11.6 Å². The molecule has 0 aliphatic carbocycles. The molecule has 3 rings (SSSR count). The SMILES string of the molecule is O=C(c1ccc(OCC(F)(F)F)nc1)N1CCS[C@H]1c1ccc([N+](=O)[O-])cc1. The van der Waals surface area contributed by atoms with Gasteiger partial charge in [0.15, 0.2) is 6.61 Å². The van der Waals surface area contributed by atoms with Crippen LogP contribution in [0.5, 0.6) is 5.88 Å².